The van der Waals surface area contributed by atoms with Gasteiger partial charge in [-0.3, -0.25) is 19.7 Å². The fraction of sp³-hybridized carbons (Fsp3) is 0.0909. The third kappa shape index (κ3) is 3.42. The minimum atomic E-state index is -0.673. The normalized spacial score (nSPS) is 10.0. The fourth-order valence-corrected chi connectivity index (χ4v) is 1.88. The second-order valence-electron chi connectivity index (χ2n) is 3.62. The quantitative estimate of drug-likeness (QED) is 0.726. The van der Waals surface area contributed by atoms with E-state index in [0.29, 0.717) is 4.88 Å². The van der Waals surface area contributed by atoms with E-state index < -0.39 is 11.8 Å². The summed E-state index contributed by atoms with van der Waals surface area (Å²) >= 11 is 1.26. The number of nitrogens with two attached hydrogens (primary N) is 1. The third-order valence-corrected chi connectivity index (χ3v) is 2.99. The van der Waals surface area contributed by atoms with E-state index in [9.17, 15) is 14.4 Å². The molecule has 0 saturated carbocycles. The maximum atomic E-state index is 11.7. The second kappa shape index (κ2) is 5.97. The Kier molecular flexibility index (Phi) is 4.11. The number of rotatable bonds is 5. The molecule has 0 unspecified atom stereocenters. The molecule has 0 bridgehead atoms. The molecule has 2 heterocycles. The molecule has 8 nitrogen and oxygen atoms in total. The van der Waals surface area contributed by atoms with Crippen molar-refractivity contribution in [2.45, 2.75) is 0 Å². The average Bonchev–Trinajstić information content (AvgIpc) is 3.06. The molecule has 0 radical (unpaired) electrons. The van der Waals surface area contributed by atoms with Gasteiger partial charge in [0.15, 0.2) is 5.69 Å². The summed E-state index contributed by atoms with van der Waals surface area (Å²) < 4.78 is 4.95. The first-order valence-corrected chi connectivity index (χ1v) is 6.31. The molecule has 0 atom stereocenters. The average molecular weight is 294 g/mol. The van der Waals surface area contributed by atoms with Crippen LogP contribution < -0.4 is 16.4 Å². The number of oxazole rings is 1. The number of carbonyl (C=O) groups excluding carboxylic acids is 3. The number of hydrogen-bond donors (Lipinski definition) is 3. The smallest absolute Gasteiger partial charge is 0.302 e. The first-order valence-electron chi connectivity index (χ1n) is 5.43. The van der Waals surface area contributed by atoms with E-state index in [0.717, 1.165) is 6.26 Å². The number of nitrogens with zero attached hydrogens (tertiary/aromatic N) is 1. The lowest BCUT2D eigenvalue weighted by Gasteiger charge is -1.98. The summed E-state index contributed by atoms with van der Waals surface area (Å²) in [6.45, 7) is -0.303. The van der Waals surface area contributed by atoms with E-state index in [4.69, 9.17) is 10.2 Å². The Balaban J connectivity index is 1.97. The summed E-state index contributed by atoms with van der Waals surface area (Å²) in [7, 11) is 0. The molecule has 20 heavy (non-hydrogen) atoms. The van der Waals surface area contributed by atoms with E-state index in [1.54, 1.807) is 17.5 Å². The van der Waals surface area contributed by atoms with Gasteiger partial charge in [0.2, 0.25) is 5.91 Å². The van der Waals surface area contributed by atoms with Gasteiger partial charge < -0.3 is 15.5 Å². The topological polar surface area (TPSA) is 127 Å². The third-order valence-electron chi connectivity index (χ3n) is 2.13. The van der Waals surface area contributed by atoms with Crippen molar-refractivity contribution in [2.75, 3.05) is 11.9 Å². The van der Waals surface area contributed by atoms with Crippen LogP contribution in [-0.4, -0.2) is 29.3 Å². The van der Waals surface area contributed by atoms with Crippen LogP contribution >= 0.6 is 11.3 Å². The Morgan fingerprint density at radius 1 is 1.35 bits per heavy atom. The molecule has 9 heteroatoms. The standard InChI is InChI=1S/C11H10N4O4S/c12-8(16)4-13-9(17)6-5-19-11(14-6)15-10(18)7-2-1-3-20-7/h1-3,5H,4H2,(H2,12,16)(H,13,17)(H,14,15,18). The maximum Gasteiger partial charge on any atom is 0.302 e. The van der Waals surface area contributed by atoms with Crippen LogP contribution in [0, 0.1) is 0 Å². The van der Waals surface area contributed by atoms with Crippen LogP contribution in [0.1, 0.15) is 20.2 Å². The van der Waals surface area contributed by atoms with E-state index in [-0.39, 0.29) is 24.2 Å². The van der Waals surface area contributed by atoms with Gasteiger partial charge >= 0.3 is 6.01 Å². The number of amides is 3. The van der Waals surface area contributed by atoms with E-state index in [1.165, 1.54) is 11.3 Å². The van der Waals surface area contributed by atoms with Gasteiger partial charge in [-0.2, -0.15) is 4.98 Å². The lowest BCUT2D eigenvalue weighted by molar-refractivity contribution is -0.117. The van der Waals surface area contributed by atoms with E-state index >= 15 is 0 Å². The lowest BCUT2D eigenvalue weighted by Crippen LogP contribution is -2.33. The highest BCUT2D eigenvalue weighted by Gasteiger charge is 2.15. The molecule has 2 aromatic rings. The van der Waals surface area contributed by atoms with Crippen molar-refractivity contribution in [3.05, 3.63) is 34.3 Å². The van der Waals surface area contributed by atoms with Gasteiger partial charge in [-0.15, -0.1) is 11.3 Å². The van der Waals surface area contributed by atoms with Crippen molar-refractivity contribution < 1.29 is 18.8 Å². The first kappa shape index (κ1) is 13.7. The monoisotopic (exact) mass is 294 g/mol. The van der Waals surface area contributed by atoms with Crippen LogP contribution in [0.5, 0.6) is 0 Å². The summed E-state index contributed by atoms with van der Waals surface area (Å²) in [5.41, 5.74) is 4.83. The molecule has 0 aliphatic carbocycles. The molecular formula is C11H10N4O4S. The van der Waals surface area contributed by atoms with Crippen LogP contribution in [0.2, 0.25) is 0 Å². The van der Waals surface area contributed by atoms with Crippen molar-refractivity contribution in [1.29, 1.82) is 0 Å². The van der Waals surface area contributed by atoms with Crippen molar-refractivity contribution in [3.63, 3.8) is 0 Å². The summed E-state index contributed by atoms with van der Waals surface area (Å²) in [6, 6.07) is 3.27. The first-order chi connectivity index (χ1) is 9.56. The Morgan fingerprint density at radius 2 is 2.15 bits per heavy atom. The SMILES string of the molecule is NC(=O)CNC(=O)c1coc(NC(=O)c2cccs2)n1. The second-order valence-corrected chi connectivity index (χ2v) is 4.57. The van der Waals surface area contributed by atoms with Gasteiger partial charge in [0.1, 0.15) is 6.26 Å². The molecule has 0 aliphatic rings. The molecule has 0 aliphatic heterocycles. The van der Waals surface area contributed by atoms with Gasteiger partial charge in [0, 0.05) is 0 Å². The van der Waals surface area contributed by atoms with Crippen LogP contribution in [0.4, 0.5) is 6.01 Å². The van der Waals surface area contributed by atoms with Crippen LogP contribution in [0.15, 0.2) is 28.2 Å². The van der Waals surface area contributed by atoms with Gasteiger partial charge in [-0.05, 0) is 11.4 Å². The molecule has 104 valence electrons. The zero-order chi connectivity index (χ0) is 14.5. The molecule has 3 amide bonds. The van der Waals surface area contributed by atoms with Crippen LogP contribution in [-0.2, 0) is 4.79 Å². The highest BCUT2D eigenvalue weighted by Crippen LogP contribution is 2.13. The van der Waals surface area contributed by atoms with Gasteiger partial charge in [-0.1, -0.05) is 6.07 Å². The highest BCUT2D eigenvalue weighted by molar-refractivity contribution is 7.12. The summed E-state index contributed by atoms with van der Waals surface area (Å²) in [5.74, 6) is -1.68. The number of carbonyl (C=O) groups is 3. The predicted octanol–water partition coefficient (Wildman–Crippen LogP) is 0.203. The summed E-state index contributed by atoms with van der Waals surface area (Å²) in [5, 5.41) is 6.41. The van der Waals surface area contributed by atoms with Crippen LogP contribution in [0.25, 0.3) is 0 Å². The molecule has 0 aromatic carbocycles. The largest absolute Gasteiger partial charge is 0.431 e. The zero-order valence-electron chi connectivity index (χ0n) is 10.1. The maximum absolute atomic E-state index is 11.7. The van der Waals surface area contributed by atoms with Crippen molar-refractivity contribution in [1.82, 2.24) is 10.3 Å². The minimum Gasteiger partial charge on any atom is -0.431 e. The molecule has 4 N–H and O–H groups in total. The van der Waals surface area contributed by atoms with E-state index in [2.05, 4.69) is 15.6 Å². The number of nitrogens with one attached hydrogen (secondary N) is 2. The Morgan fingerprint density at radius 3 is 2.80 bits per heavy atom. The van der Waals surface area contributed by atoms with Gasteiger partial charge in [0.25, 0.3) is 11.8 Å². The number of anilines is 1. The minimum absolute atomic E-state index is 0.0623. The number of aromatic nitrogens is 1. The van der Waals surface area contributed by atoms with Crippen LogP contribution in [0.3, 0.4) is 0 Å². The summed E-state index contributed by atoms with van der Waals surface area (Å²) in [6.07, 6.45) is 1.07. The predicted molar refractivity (Wildman–Crippen MR) is 70.3 cm³/mol. The Labute approximate surface area is 117 Å². The lowest BCUT2D eigenvalue weighted by atomic mass is 10.4. The Hall–Kier alpha value is -2.68. The number of hydrogen-bond acceptors (Lipinski definition) is 6. The van der Waals surface area contributed by atoms with Gasteiger partial charge in [0.05, 0.1) is 11.4 Å². The summed E-state index contributed by atoms with van der Waals surface area (Å²) in [4.78, 5) is 38.0. The molecule has 2 rings (SSSR count). The molecule has 0 saturated heterocycles. The highest BCUT2D eigenvalue weighted by atomic mass is 32.1. The number of primary amides is 1. The molecule has 2 aromatic heterocycles. The molecule has 0 spiro atoms. The number of thiophene rings is 1. The molecule has 0 fully saturated rings. The Bertz CT molecular complexity index is 635. The van der Waals surface area contributed by atoms with E-state index in [1.807, 2.05) is 0 Å². The van der Waals surface area contributed by atoms with Crippen molar-refractivity contribution in [3.8, 4) is 0 Å². The fourth-order valence-electron chi connectivity index (χ4n) is 1.26. The molecular weight excluding hydrogens is 284 g/mol. The van der Waals surface area contributed by atoms with Gasteiger partial charge in [-0.25, -0.2) is 0 Å². The van der Waals surface area contributed by atoms with Crippen molar-refractivity contribution >= 4 is 35.1 Å². The van der Waals surface area contributed by atoms with Crippen molar-refractivity contribution in [2.24, 2.45) is 5.73 Å². The zero-order valence-corrected chi connectivity index (χ0v) is 10.9.